The van der Waals surface area contributed by atoms with Crippen molar-refractivity contribution in [3.8, 4) is 0 Å². The molecule has 0 aliphatic rings. The Hall–Kier alpha value is -1.83. The van der Waals surface area contributed by atoms with E-state index in [-0.39, 0.29) is 28.9 Å². The van der Waals surface area contributed by atoms with Crippen LogP contribution >= 0.6 is 11.6 Å². The van der Waals surface area contributed by atoms with Gasteiger partial charge in [0, 0.05) is 11.6 Å². The predicted octanol–water partition coefficient (Wildman–Crippen LogP) is 3.06. The van der Waals surface area contributed by atoms with Gasteiger partial charge in [0.1, 0.15) is 5.56 Å². The average Bonchev–Trinajstić information content (AvgIpc) is 2.75. The van der Waals surface area contributed by atoms with Crippen molar-refractivity contribution >= 4 is 23.2 Å². The molecule has 1 amide bonds. The average molecular weight is 335 g/mol. The summed E-state index contributed by atoms with van der Waals surface area (Å²) in [5.74, 6) is -0.0806. The molecule has 0 spiro atoms. The number of nitrogens with zero attached hydrogens (tertiary/aromatic N) is 3. The van der Waals surface area contributed by atoms with Gasteiger partial charge < -0.3 is 5.32 Å². The van der Waals surface area contributed by atoms with E-state index in [1.807, 2.05) is 0 Å². The number of nitrogens with one attached hydrogen (secondary N) is 1. The highest BCUT2D eigenvalue weighted by Gasteiger charge is 2.35. The minimum absolute atomic E-state index is 0.0467. The van der Waals surface area contributed by atoms with Crippen LogP contribution in [0.1, 0.15) is 32.2 Å². The standard InChI is InChI=1S/C13H14ClF3N4O/c1-12(2,3)11(22)18-5-9-19-20-10-8(13(15,16)17)4-7(14)6-21(9)10/h4,6H,5H2,1-3H3,(H,18,22). The van der Waals surface area contributed by atoms with E-state index in [1.165, 1.54) is 6.20 Å². The van der Waals surface area contributed by atoms with Gasteiger partial charge in [0.15, 0.2) is 11.5 Å². The summed E-state index contributed by atoms with van der Waals surface area (Å²) < 4.78 is 40.0. The topological polar surface area (TPSA) is 59.3 Å². The minimum Gasteiger partial charge on any atom is -0.348 e. The molecular weight excluding hydrogens is 321 g/mol. The van der Waals surface area contributed by atoms with E-state index in [1.54, 1.807) is 20.8 Å². The normalized spacial score (nSPS) is 12.7. The quantitative estimate of drug-likeness (QED) is 0.918. The number of amides is 1. The third-order valence-corrected chi connectivity index (χ3v) is 3.14. The lowest BCUT2D eigenvalue weighted by Crippen LogP contribution is -2.34. The van der Waals surface area contributed by atoms with E-state index in [0.29, 0.717) is 0 Å². The Balaban J connectivity index is 2.38. The molecule has 0 unspecified atom stereocenters. The first kappa shape index (κ1) is 16.5. The maximum absolute atomic E-state index is 13.0. The Bertz CT molecular complexity index is 718. The number of pyridine rings is 1. The van der Waals surface area contributed by atoms with E-state index >= 15 is 0 Å². The smallest absolute Gasteiger partial charge is 0.348 e. The largest absolute Gasteiger partial charge is 0.420 e. The molecule has 0 bridgehead atoms. The number of hydrogen-bond acceptors (Lipinski definition) is 3. The molecule has 0 saturated heterocycles. The van der Waals surface area contributed by atoms with Crippen LogP contribution in [0, 0.1) is 5.41 Å². The first-order chi connectivity index (χ1) is 10.00. The van der Waals surface area contributed by atoms with E-state index in [4.69, 9.17) is 11.6 Å². The van der Waals surface area contributed by atoms with Gasteiger partial charge in [-0.25, -0.2) is 0 Å². The number of carbonyl (C=O) groups excluding carboxylic acids is 1. The Morgan fingerprint density at radius 1 is 1.32 bits per heavy atom. The Morgan fingerprint density at radius 2 is 1.95 bits per heavy atom. The van der Waals surface area contributed by atoms with Crippen LogP contribution in [0.25, 0.3) is 5.65 Å². The maximum Gasteiger partial charge on any atom is 0.420 e. The maximum atomic E-state index is 13.0. The molecule has 0 radical (unpaired) electrons. The van der Waals surface area contributed by atoms with Crippen LogP contribution in [0.5, 0.6) is 0 Å². The second kappa shape index (κ2) is 5.42. The molecule has 2 heterocycles. The van der Waals surface area contributed by atoms with E-state index in [0.717, 1.165) is 10.5 Å². The molecule has 0 saturated carbocycles. The lowest BCUT2D eigenvalue weighted by molar-refractivity contribution is -0.136. The Labute approximate surface area is 129 Å². The number of fused-ring (bicyclic) bond motifs is 1. The monoisotopic (exact) mass is 334 g/mol. The third kappa shape index (κ3) is 3.32. The van der Waals surface area contributed by atoms with Crippen molar-refractivity contribution in [3.63, 3.8) is 0 Å². The molecule has 0 fully saturated rings. The molecule has 2 aromatic heterocycles. The van der Waals surface area contributed by atoms with E-state index in [9.17, 15) is 18.0 Å². The zero-order valence-electron chi connectivity index (χ0n) is 12.1. The van der Waals surface area contributed by atoms with Gasteiger partial charge in [-0.15, -0.1) is 10.2 Å². The van der Waals surface area contributed by atoms with Gasteiger partial charge >= 0.3 is 6.18 Å². The number of carbonyl (C=O) groups is 1. The van der Waals surface area contributed by atoms with Crippen molar-refractivity contribution in [2.24, 2.45) is 5.41 Å². The van der Waals surface area contributed by atoms with Gasteiger partial charge in [-0.05, 0) is 6.07 Å². The van der Waals surface area contributed by atoms with Gasteiger partial charge in [-0.2, -0.15) is 13.2 Å². The molecule has 120 valence electrons. The Kier molecular flexibility index (Phi) is 4.08. The lowest BCUT2D eigenvalue weighted by Gasteiger charge is -2.17. The highest BCUT2D eigenvalue weighted by molar-refractivity contribution is 6.30. The molecule has 5 nitrogen and oxygen atoms in total. The molecule has 0 atom stereocenters. The summed E-state index contributed by atoms with van der Waals surface area (Å²) in [6.07, 6.45) is -3.31. The fourth-order valence-electron chi connectivity index (χ4n) is 1.76. The summed E-state index contributed by atoms with van der Waals surface area (Å²) in [5.41, 5.74) is -1.94. The van der Waals surface area contributed by atoms with Crippen LogP contribution in [0.2, 0.25) is 5.02 Å². The predicted molar refractivity (Wildman–Crippen MR) is 74.3 cm³/mol. The number of halogens is 4. The first-order valence-corrected chi connectivity index (χ1v) is 6.76. The Morgan fingerprint density at radius 3 is 2.50 bits per heavy atom. The highest BCUT2D eigenvalue weighted by atomic mass is 35.5. The number of rotatable bonds is 2. The zero-order chi connectivity index (χ0) is 16.7. The summed E-state index contributed by atoms with van der Waals surface area (Å²) in [5, 5.41) is 9.77. The van der Waals surface area contributed by atoms with Gasteiger partial charge in [0.2, 0.25) is 5.91 Å². The SMILES string of the molecule is CC(C)(C)C(=O)NCc1nnc2c(C(F)(F)F)cc(Cl)cn12. The molecular formula is C13H14ClF3N4O. The lowest BCUT2D eigenvalue weighted by atomic mass is 9.96. The van der Waals surface area contributed by atoms with Crippen LogP contribution in [0.4, 0.5) is 13.2 Å². The zero-order valence-corrected chi connectivity index (χ0v) is 12.9. The van der Waals surface area contributed by atoms with Gasteiger partial charge in [-0.3, -0.25) is 9.20 Å². The summed E-state index contributed by atoms with van der Waals surface area (Å²) in [4.78, 5) is 11.8. The van der Waals surface area contributed by atoms with E-state index in [2.05, 4.69) is 15.5 Å². The fraction of sp³-hybridized carbons (Fsp3) is 0.462. The van der Waals surface area contributed by atoms with Crippen LogP contribution in [-0.4, -0.2) is 20.5 Å². The third-order valence-electron chi connectivity index (χ3n) is 2.94. The van der Waals surface area contributed by atoms with Crippen molar-refractivity contribution in [1.29, 1.82) is 0 Å². The summed E-state index contributed by atoms with van der Waals surface area (Å²) in [6, 6.07) is 0.795. The molecule has 0 aliphatic carbocycles. The minimum atomic E-state index is -4.59. The van der Waals surface area contributed by atoms with Gasteiger partial charge in [0.05, 0.1) is 11.6 Å². The van der Waals surface area contributed by atoms with Crippen LogP contribution in [-0.2, 0) is 17.5 Å². The number of aromatic nitrogens is 3. The number of alkyl halides is 3. The van der Waals surface area contributed by atoms with E-state index < -0.39 is 17.2 Å². The van der Waals surface area contributed by atoms with Crippen molar-refractivity contribution in [2.75, 3.05) is 0 Å². The second-order valence-corrected chi connectivity index (χ2v) is 6.25. The van der Waals surface area contributed by atoms with Crippen LogP contribution < -0.4 is 5.32 Å². The molecule has 0 aliphatic heterocycles. The summed E-state index contributed by atoms with van der Waals surface area (Å²) >= 11 is 5.73. The fourth-order valence-corrected chi connectivity index (χ4v) is 1.97. The van der Waals surface area contributed by atoms with Crippen LogP contribution in [0.15, 0.2) is 12.3 Å². The number of hydrogen-bond donors (Lipinski definition) is 1. The molecule has 2 rings (SSSR count). The van der Waals surface area contributed by atoms with Crippen molar-refractivity contribution in [3.05, 3.63) is 28.7 Å². The first-order valence-electron chi connectivity index (χ1n) is 6.39. The summed E-state index contributed by atoms with van der Waals surface area (Å²) in [6.45, 7) is 5.13. The van der Waals surface area contributed by atoms with Crippen molar-refractivity contribution in [2.45, 2.75) is 33.5 Å². The molecule has 2 aromatic rings. The molecule has 0 aromatic carbocycles. The van der Waals surface area contributed by atoms with Crippen LogP contribution in [0.3, 0.4) is 0 Å². The second-order valence-electron chi connectivity index (χ2n) is 5.81. The highest BCUT2D eigenvalue weighted by Crippen LogP contribution is 2.33. The summed E-state index contributed by atoms with van der Waals surface area (Å²) in [7, 11) is 0. The molecule has 22 heavy (non-hydrogen) atoms. The van der Waals surface area contributed by atoms with Gasteiger partial charge in [0.25, 0.3) is 0 Å². The van der Waals surface area contributed by atoms with Crippen molar-refractivity contribution in [1.82, 2.24) is 19.9 Å². The van der Waals surface area contributed by atoms with Gasteiger partial charge in [-0.1, -0.05) is 32.4 Å². The van der Waals surface area contributed by atoms with Crippen molar-refractivity contribution < 1.29 is 18.0 Å². The molecule has 1 N–H and O–H groups in total. The molecule has 9 heteroatoms.